The quantitative estimate of drug-likeness (QED) is 0.676. The number of ether oxygens (including phenoxy) is 2. The first-order chi connectivity index (χ1) is 10.6. The average molecular weight is 301 g/mol. The Bertz CT molecular complexity index is 703. The van der Waals surface area contributed by atoms with E-state index in [1.54, 1.807) is 6.92 Å². The molecule has 0 saturated heterocycles. The normalized spacial score (nSPS) is 10.1. The third kappa shape index (κ3) is 3.06. The van der Waals surface area contributed by atoms with Crippen LogP contribution in [0.1, 0.15) is 42.5 Å². The van der Waals surface area contributed by atoms with E-state index in [0.717, 1.165) is 5.56 Å². The van der Waals surface area contributed by atoms with Gasteiger partial charge in [0.1, 0.15) is 12.3 Å². The van der Waals surface area contributed by atoms with Gasteiger partial charge >= 0.3 is 11.9 Å². The number of methoxy groups -OCH3 is 1. The number of esters is 2. The van der Waals surface area contributed by atoms with Crippen LogP contribution in [0.5, 0.6) is 0 Å². The van der Waals surface area contributed by atoms with Gasteiger partial charge in [-0.3, -0.25) is 4.79 Å². The number of nitrogens with one attached hydrogen (secondary N) is 1. The topological polar surface area (TPSA) is 85.5 Å². The Morgan fingerprint density at radius 1 is 1.18 bits per heavy atom. The molecular weight excluding hydrogens is 286 g/mol. The maximum Gasteiger partial charge on any atom is 0.355 e. The van der Waals surface area contributed by atoms with E-state index in [1.807, 2.05) is 30.3 Å². The Morgan fingerprint density at radius 2 is 1.86 bits per heavy atom. The molecule has 0 aliphatic carbocycles. The lowest BCUT2D eigenvalue weighted by atomic mass is 10.1. The zero-order chi connectivity index (χ0) is 16.1. The first-order valence-corrected chi connectivity index (χ1v) is 6.55. The van der Waals surface area contributed by atoms with E-state index < -0.39 is 11.9 Å². The van der Waals surface area contributed by atoms with Crippen LogP contribution in [0, 0.1) is 6.92 Å². The molecule has 0 spiro atoms. The Kier molecular flexibility index (Phi) is 4.73. The molecule has 2 rings (SSSR count). The van der Waals surface area contributed by atoms with Gasteiger partial charge < -0.3 is 14.5 Å². The number of hydrogen-bond acceptors (Lipinski definition) is 5. The number of H-pyrrole nitrogens is 1. The van der Waals surface area contributed by atoms with Crippen molar-refractivity contribution < 1.29 is 23.9 Å². The fraction of sp³-hybridized carbons (Fsp3) is 0.188. The molecule has 1 heterocycles. The summed E-state index contributed by atoms with van der Waals surface area (Å²) in [5.41, 5.74) is 1.27. The van der Waals surface area contributed by atoms with Gasteiger partial charge in [-0.05, 0) is 18.1 Å². The smallest absolute Gasteiger partial charge is 0.355 e. The summed E-state index contributed by atoms with van der Waals surface area (Å²) < 4.78 is 9.79. The minimum atomic E-state index is -0.682. The first kappa shape index (κ1) is 15.5. The molecule has 0 aliphatic rings. The van der Waals surface area contributed by atoms with Crippen LogP contribution in [-0.2, 0) is 16.1 Å². The van der Waals surface area contributed by atoms with E-state index >= 15 is 0 Å². The maximum atomic E-state index is 12.1. The summed E-state index contributed by atoms with van der Waals surface area (Å²) in [6.45, 7) is 1.65. The number of aldehydes is 1. The lowest BCUT2D eigenvalue weighted by Gasteiger charge is -2.04. The van der Waals surface area contributed by atoms with Gasteiger partial charge in [-0.25, -0.2) is 9.59 Å². The van der Waals surface area contributed by atoms with Crippen LogP contribution in [-0.4, -0.2) is 30.3 Å². The Morgan fingerprint density at radius 3 is 2.45 bits per heavy atom. The van der Waals surface area contributed by atoms with E-state index in [4.69, 9.17) is 4.74 Å². The van der Waals surface area contributed by atoms with Crippen LogP contribution in [0.15, 0.2) is 30.3 Å². The van der Waals surface area contributed by atoms with E-state index in [0.29, 0.717) is 11.8 Å². The van der Waals surface area contributed by atoms with Crippen LogP contribution >= 0.6 is 0 Å². The molecule has 0 bridgehead atoms. The van der Waals surface area contributed by atoms with E-state index in [2.05, 4.69) is 9.72 Å². The molecule has 0 unspecified atom stereocenters. The molecule has 114 valence electrons. The average Bonchev–Trinajstić information content (AvgIpc) is 2.89. The third-order valence-corrected chi connectivity index (χ3v) is 3.20. The summed E-state index contributed by atoms with van der Waals surface area (Å²) in [6, 6.07) is 9.18. The zero-order valence-corrected chi connectivity index (χ0v) is 12.2. The Labute approximate surface area is 127 Å². The minimum Gasteiger partial charge on any atom is -0.465 e. The van der Waals surface area contributed by atoms with Crippen molar-refractivity contribution in [2.45, 2.75) is 13.5 Å². The van der Waals surface area contributed by atoms with Gasteiger partial charge in [-0.1, -0.05) is 30.3 Å². The summed E-state index contributed by atoms with van der Waals surface area (Å²) in [5, 5.41) is 0. The first-order valence-electron chi connectivity index (χ1n) is 6.55. The fourth-order valence-electron chi connectivity index (χ4n) is 2.07. The largest absolute Gasteiger partial charge is 0.465 e. The number of carbonyl (C=O) groups excluding carboxylic acids is 3. The van der Waals surface area contributed by atoms with Crippen LogP contribution in [0.4, 0.5) is 0 Å². The second-order valence-electron chi connectivity index (χ2n) is 4.58. The minimum absolute atomic E-state index is 0.00369. The standard InChI is InChI=1S/C16H15NO5/c1-10-13(15(19)21-2)12(8-18)17-14(10)16(20)22-9-11-6-4-3-5-7-11/h3-8,17H,9H2,1-2H3. The molecule has 6 heteroatoms. The predicted octanol–water partition coefficient (Wildman–Crippen LogP) is 2.28. The van der Waals surface area contributed by atoms with Crippen molar-refractivity contribution >= 4 is 18.2 Å². The highest BCUT2D eigenvalue weighted by Crippen LogP contribution is 2.19. The van der Waals surface area contributed by atoms with Gasteiger partial charge in [0.15, 0.2) is 6.29 Å². The molecule has 1 aromatic heterocycles. The lowest BCUT2D eigenvalue weighted by Crippen LogP contribution is -2.08. The monoisotopic (exact) mass is 301 g/mol. The van der Waals surface area contributed by atoms with Crippen molar-refractivity contribution in [1.29, 1.82) is 0 Å². The van der Waals surface area contributed by atoms with Crippen LogP contribution in [0.25, 0.3) is 0 Å². The van der Waals surface area contributed by atoms with Crippen LogP contribution < -0.4 is 0 Å². The molecule has 0 atom stereocenters. The highest BCUT2D eigenvalue weighted by Gasteiger charge is 2.25. The molecule has 22 heavy (non-hydrogen) atoms. The van der Waals surface area contributed by atoms with Gasteiger partial charge in [0.25, 0.3) is 0 Å². The summed E-state index contributed by atoms with van der Waals surface area (Å²) in [5.74, 6) is -1.32. The highest BCUT2D eigenvalue weighted by molar-refractivity contribution is 6.03. The fourth-order valence-corrected chi connectivity index (χ4v) is 2.07. The summed E-state index contributed by atoms with van der Waals surface area (Å²) >= 11 is 0. The van der Waals surface area contributed by atoms with Crippen LogP contribution in [0.2, 0.25) is 0 Å². The molecule has 0 amide bonds. The van der Waals surface area contributed by atoms with E-state index in [-0.39, 0.29) is 23.6 Å². The molecule has 1 N–H and O–H groups in total. The number of hydrogen-bond donors (Lipinski definition) is 1. The zero-order valence-electron chi connectivity index (χ0n) is 12.2. The maximum absolute atomic E-state index is 12.1. The summed E-state index contributed by atoms with van der Waals surface area (Å²) in [7, 11) is 1.21. The van der Waals surface area contributed by atoms with Crippen LogP contribution in [0.3, 0.4) is 0 Å². The predicted molar refractivity (Wildman–Crippen MR) is 77.8 cm³/mol. The molecule has 0 aliphatic heterocycles. The number of benzene rings is 1. The SMILES string of the molecule is COC(=O)c1c(C=O)[nH]c(C(=O)OCc2ccccc2)c1C. The molecular formula is C16H15NO5. The van der Waals surface area contributed by atoms with Gasteiger partial charge in [-0.2, -0.15) is 0 Å². The van der Waals surface area contributed by atoms with Gasteiger partial charge in [0.2, 0.25) is 0 Å². The molecule has 6 nitrogen and oxygen atoms in total. The molecule has 0 saturated carbocycles. The molecule has 2 aromatic rings. The van der Waals surface area contributed by atoms with Crippen molar-refractivity contribution in [2.75, 3.05) is 7.11 Å². The summed E-state index contributed by atoms with van der Waals surface area (Å²) in [4.78, 5) is 37.4. The van der Waals surface area contributed by atoms with E-state index in [1.165, 1.54) is 7.11 Å². The van der Waals surface area contributed by atoms with Crippen molar-refractivity contribution in [3.05, 3.63) is 58.4 Å². The molecule has 1 aromatic carbocycles. The summed E-state index contributed by atoms with van der Waals surface area (Å²) in [6.07, 6.45) is 0.466. The number of aromatic amines is 1. The van der Waals surface area contributed by atoms with Gasteiger partial charge in [0, 0.05) is 0 Å². The number of carbonyl (C=O) groups is 3. The number of rotatable bonds is 5. The van der Waals surface area contributed by atoms with Crippen molar-refractivity contribution in [2.24, 2.45) is 0 Å². The van der Waals surface area contributed by atoms with Gasteiger partial charge in [-0.15, -0.1) is 0 Å². The number of aromatic nitrogens is 1. The third-order valence-electron chi connectivity index (χ3n) is 3.20. The molecule has 0 fully saturated rings. The lowest BCUT2D eigenvalue weighted by molar-refractivity contribution is 0.0465. The molecule has 0 radical (unpaired) electrons. The Hall–Kier alpha value is -2.89. The van der Waals surface area contributed by atoms with E-state index in [9.17, 15) is 14.4 Å². The van der Waals surface area contributed by atoms with Gasteiger partial charge in [0.05, 0.1) is 18.4 Å². The van der Waals surface area contributed by atoms with Crippen molar-refractivity contribution in [1.82, 2.24) is 4.98 Å². The second kappa shape index (κ2) is 6.71. The van der Waals surface area contributed by atoms with Crippen molar-refractivity contribution in [3.8, 4) is 0 Å². The second-order valence-corrected chi connectivity index (χ2v) is 4.58. The Balaban J connectivity index is 2.21. The van der Waals surface area contributed by atoms with Crippen molar-refractivity contribution in [3.63, 3.8) is 0 Å². The highest BCUT2D eigenvalue weighted by atomic mass is 16.5.